The van der Waals surface area contributed by atoms with Crippen LogP contribution >= 0.6 is 11.3 Å². The lowest BCUT2D eigenvalue weighted by Crippen LogP contribution is -2.40. The molecule has 106 valence electrons. The SMILES string of the molecule is CCCCc1nnc(NC(=O)[C@H]2CCN[C@@H](C)C2)s1. The first-order chi connectivity index (χ1) is 9.19. The number of hydrogen-bond donors (Lipinski definition) is 2. The fraction of sp³-hybridized carbons (Fsp3) is 0.769. The predicted molar refractivity (Wildman–Crippen MR) is 77.3 cm³/mol. The number of amides is 1. The largest absolute Gasteiger partial charge is 0.314 e. The van der Waals surface area contributed by atoms with Crippen molar-refractivity contribution in [3.8, 4) is 0 Å². The van der Waals surface area contributed by atoms with Gasteiger partial charge in [0.25, 0.3) is 0 Å². The summed E-state index contributed by atoms with van der Waals surface area (Å²) in [6.07, 6.45) is 5.02. The summed E-state index contributed by atoms with van der Waals surface area (Å²) < 4.78 is 0. The quantitative estimate of drug-likeness (QED) is 0.869. The Morgan fingerprint density at radius 3 is 3.11 bits per heavy atom. The minimum atomic E-state index is 0.0894. The number of nitrogens with zero attached hydrogens (tertiary/aromatic N) is 2. The molecule has 1 aliphatic heterocycles. The van der Waals surface area contributed by atoms with E-state index in [0.717, 1.165) is 43.7 Å². The Kier molecular flexibility index (Phi) is 5.27. The summed E-state index contributed by atoms with van der Waals surface area (Å²) in [5.41, 5.74) is 0. The van der Waals surface area contributed by atoms with Crippen LogP contribution in [0.5, 0.6) is 0 Å². The minimum Gasteiger partial charge on any atom is -0.314 e. The van der Waals surface area contributed by atoms with Gasteiger partial charge in [0.1, 0.15) is 5.01 Å². The highest BCUT2D eigenvalue weighted by molar-refractivity contribution is 7.15. The van der Waals surface area contributed by atoms with E-state index in [4.69, 9.17) is 0 Å². The number of unbranched alkanes of at least 4 members (excludes halogenated alkanes) is 1. The van der Waals surface area contributed by atoms with Gasteiger partial charge in [-0.05, 0) is 32.7 Å². The third kappa shape index (κ3) is 4.24. The summed E-state index contributed by atoms with van der Waals surface area (Å²) in [4.78, 5) is 12.1. The molecule has 0 bridgehead atoms. The molecule has 1 aliphatic rings. The van der Waals surface area contributed by atoms with Crippen LogP contribution in [-0.4, -0.2) is 28.7 Å². The van der Waals surface area contributed by atoms with Crippen molar-refractivity contribution in [3.63, 3.8) is 0 Å². The van der Waals surface area contributed by atoms with Gasteiger partial charge in [-0.2, -0.15) is 0 Å². The van der Waals surface area contributed by atoms with Gasteiger partial charge in [-0.25, -0.2) is 0 Å². The zero-order valence-corrected chi connectivity index (χ0v) is 12.4. The molecule has 0 saturated carbocycles. The van der Waals surface area contributed by atoms with Crippen molar-refractivity contribution in [1.82, 2.24) is 15.5 Å². The molecular formula is C13H22N4OS. The maximum Gasteiger partial charge on any atom is 0.229 e. The second-order valence-corrected chi connectivity index (χ2v) is 6.23. The molecule has 1 aromatic rings. The van der Waals surface area contributed by atoms with Crippen molar-refractivity contribution in [2.75, 3.05) is 11.9 Å². The first-order valence-corrected chi connectivity index (χ1v) is 7.87. The van der Waals surface area contributed by atoms with Gasteiger partial charge < -0.3 is 10.6 Å². The van der Waals surface area contributed by atoms with Gasteiger partial charge in [0.2, 0.25) is 11.0 Å². The Bertz CT molecular complexity index is 421. The molecule has 1 saturated heterocycles. The lowest BCUT2D eigenvalue weighted by Gasteiger charge is -2.26. The molecule has 6 heteroatoms. The van der Waals surface area contributed by atoms with E-state index in [1.165, 1.54) is 11.3 Å². The smallest absolute Gasteiger partial charge is 0.229 e. The van der Waals surface area contributed by atoms with E-state index in [-0.39, 0.29) is 11.8 Å². The van der Waals surface area contributed by atoms with Crippen molar-refractivity contribution in [1.29, 1.82) is 0 Å². The average Bonchev–Trinajstić information content (AvgIpc) is 2.84. The Balaban J connectivity index is 1.86. The number of nitrogens with one attached hydrogen (secondary N) is 2. The number of anilines is 1. The fourth-order valence-electron chi connectivity index (χ4n) is 2.31. The molecule has 0 unspecified atom stereocenters. The Morgan fingerprint density at radius 1 is 1.53 bits per heavy atom. The number of piperidine rings is 1. The van der Waals surface area contributed by atoms with Crippen LogP contribution in [0.1, 0.15) is 44.5 Å². The standard InChI is InChI=1S/C13H22N4OS/c1-3-4-5-11-16-17-13(19-11)15-12(18)10-6-7-14-9(2)8-10/h9-10,14H,3-8H2,1-2H3,(H,15,17,18)/t9-,10-/m0/s1. The van der Waals surface area contributed by atoms with Gasteiger partial charge in [-0.3, -0.25) is 4.79 Å². The van der Waals surface area contributed by atoms with E-state index in [1.807, 2.05) is 0 Å². The topological polar surface area (TPSA) is 66.9 Å². The lowest BCUT2D eigenvalue weighted by atomic mass is 9.93. The molecule has 1 fully saturated rings. The molecule has 0 spiro atoms. The summed E-state index contributed by atoms with van der Waals surface area (Å²) >= 11 is 1.50. The molecule has 0 aromatic carbocycles. The normalized spacial score (nSPS) is 23.3. The van der Waals surface area contributed by atoms with Crippen LogP contribution in [0.3, 0.4) is 0 Å². The Hall–Kier alpha value is -1.01. The van der Waals surface area contributed by atoms with Gasteiger partial charge in [0.15, 0.2) is 0 Å². The Morgan fingerprint density at radius 2 is 2.37 bits per heavy atom. The van der Waals surface area contributed by atoms with Crippen LogP contribution in [-0.2, 0) is 11.2 Å². The van der Waals surface area contributed by atoms with Crippen molar-refractivity contribution in [2.45, 2.75) is 52.0 Å². The van der Waals surface area contributed by atoms with E-state index in [2.05, 4.69) is 34.7 Å². The number of aryl methyl sites for hydroxylation is 1. The van der Waals surface area contributed by atoms with Crippen LogP contribution < -0.4 is 10.6 Å². The first-order valence-electron chi connectivity index (χ1n) is 7.05. The van der Waals surface area contributed by atoms with Crippen LogP contribution in [0.2, 0.25) is 0 Å². The molecule has 0 radical (unpaired) electrons. The zero-order valence-electron chi connectivity index (χ0n) is 11.6. The van der Waals surface area contributed by atoms with Gasteiger partial charge >= 0.3 is 0 Å². The van der Waals surface area contributed by atoms with E-state index >= 15 is 0 Å². The highest BCUT2D eigenvalue weighted by Crippen LogP contribution is 2.21. The summed E-state index contributed by atoms with van der Waals surface area (Å²) in [6, 6.07) is 0.416. The fourth-order valence-corrected chi connectivity index (χ4v) is 3.10. The van der Waals surface area contributed by atoms with Crippen molar-refractivity contribution in [2.24, 2.45) is 5.92 Å². The van der Waals surface area contributed by atoms with Gasteiger partial charge in [0.05, 0.1) is 0 Å². The molecule has 1 amide bonds. The van der Waals surface area contributed by atoms with Crippen LogP contribution in [0.4, 0.5) is 5.13 Å². The molecule has 2 rings (SSSR count). The predicted octanol–water partition coefficient (Wildman–Crippen LogP) is 2.21. The molecular weight excluding hydrogens is 260 g/mol. The second-order valence-electron chi connectivity index (χ2n) is 5.17. The number of aromatic nitrogens is 2. The van der Waals surface area contributed by atoms with Gasteiger partial charge in [-0.15, -0.1) is 10.2 Å². The average molecular weight is 282 g/mol. The van der Waals surface area contributed by atoms with Crippen molar-refractivity contribution >= 4 is 22.4 Å². The number of hydrogen-bond acceptors (Lipinski definition) is 5. The molecule has 2 atom stereocenters. The van der Waals surface area contributed by atoms with Crippen LogP contribution in [0.15, 0.2) is 0 Å². The van der Waals surface area contributed by atoms with Crippen molar-refractivity contribution < 1.29 is 4.79 Å². The van der Waals surface area contributed by atoms with Crippen LogP contribution in [0.25, 0.3) is 0 Å². The maximum absolute atomic E-state index is 12.1. The highest BCUT2D eigenvalue weighted by atomic mass is 32.1. The molecule has 2 heterocycles. The molecule has 0 aliphatic carbocycles. The number of carbonyl (C=O) groups is 1. The van der Waals surface area contributed by atoms with Gasteiger partial charge in [-0.1, -0.05) is 24.7 Å². The monoisotopic (exact) mass is 282 g/mol. The number of rotatable bonds is 5. The maximum atomic E-state index is 12.1. The third-order valence-electron chi connectivity index (χ3n) is 3.44. The number of carbonyl (C=O) groups excluding carboxylic acids is 1. The molecule has 1 aromatic heterocycles. The second kappa shape index (κ2) is 6.96. The Labute approximate surface area is 118 Å². The molecule has 2 N–H and O–H groups in total. The van der Waals surface area contributed by atoms with Crippen molar-refractivity contribution in [3.05, 3.63) is 5.01 Å². The third-order valence-corrected chi connectivity index (χ3v) is 4.33. The summed E-state index contributed by atoms with van der Waals surface area (Å²) in [7, 11) is 0. The van der Waals surface area contributed by atoms with Crippen LogP contribution in [0, 0.1) is 5.92 Å². The lowest BCUT2D eigenvalue weighted by molar-refractivity contribution is -0.120. The van der Waals surface area contributed by atoms with E-state index in [0.29, 0.717) is 11.2 Å². The minimum absolute atomic E-state index is 0.0894. The van der Waals surface area contributed by atoms with E-state index in [9.17, 15) is 4.79 Å². The molecule has 5 nitrogen and oxygen atoms in total. The summed E-state index contributed by atoms with van der Waals surface area (Å²) in [5.74, 6) is 0.186. The zero-order chi connectivity index (χ0) is 13.7. The highest BCUT2D eigenvalue weighted by Gasteiger charge is 2.25. The molecule has 19 heavy (non-hydrogen) atoms. The van der Waals surface area contributed by atoms with E-state index < -0.39 is 0 Å². The summed E-state index contributed by atoms with van der Waals surface area (Å²) in [6.45, 7) is 5.19. The van der Waals surface area contributed by atoms with E-state index in [1.54, 1.807) is 0 Å². The first kappa shape index (κ1) is 14.4. The van der Waals surface area contributed by atoms with Gasteiger partial charge in [0, 0.05) is 18.4 Å². The summed E-state index contributed by atoms with van der Waals surface area (Å²) in [5, 5.41) is 16.1.